The monoisotopic (exact) mass is 655 g/mol. The molecule has 0 bridgehead atoms. The van der Waals surface area contributed by atoms with E-state index in [1.165, 1.54) is 29.0 Å². The predicted octanol–water partition coefficient (Wildman–Crippen LogP) is 8.95. The molecule has 6 aromatic rings. The van der Waals surface area contributed by atoms with Gasteiger partial charge in [0.15, 0.2) is 0 Å². The molecule has 0 aliphatic rings. The Labute approximate surface area is 285 Å². The van der Waals surface area contributed by atoms with Crippen molar-refractivity contribution in [3.63, 3.8) is 0 Å². The average molecular weight is 656 g/mol. The highest BCUT2D eigenvalue weighted by atomic mass is 32.1. The summed E-state index contributed by atoms with van der Waals surface area (Å²) in [6.07, 6.45) is 0.762. The van der Waals surface area contributed by atoms with Gasteiger partial charge in [-0.15, -0.1) is 11.3 Å². The van der Waals surface area contributed by atoms with E-state index in [0.29, 0.717) is 45.0 Å². The minimum absolute atomic E-state index is 0.0755. The summed E-state index contributed by atoms with van der Waals surface area (Å²) >= 11 is 1.49. The molecule has 1 aromatic heterocycles. The molecule has 0 atom stereocenters. The Balaban J connectivity index is 1.15. The van der Waals surface area contributed by atoms with Crippen LogP contribution >= 0.6 is 11.3 Å². The SMILES string of the molecule is O=C(c1csc(CN(Cc2ccc(F)cc2)Cc2ccc(OCc3ccccc3)cc2)n1)N(CCc1ccccc1)Cc1ccccc1. The van der Waals surface area contributed by atoms with Gasteiger partial charge in [0.05, 0.1) is 6.54 Å². The van der Waals surface area contributed by atoms with Crippen molar-refractivity contribution in [1.82, 2.24) is 14.8 Å². The first kappa shape index (κ1) is 32.8. The molecule has 5 nitrogen and oxygen atoms in total. The van der Waals surface area contributed by atoms with E-state index < -0.39 is 0 Å². The summed E-state index contributed by atoms with van der Waals surface area (Å²) in [6.45, 7) is 3.41. The Morgan fingerprint density at radius 1 is 0.625 bits per heavy atom. The van der Waals surface area contributed by atoms with Gasteiger partial charge < -0.3 is 9.64 Å². The van der Waals surface area contributed by atoms with E-state index in [2.05, 4.69) is 29.2 Å². The first-order chi connectivity index (χ1) is 23.6. The van der Waals surface area contributed by atoms with Crippen LogP contribution in [0.2, 0.25) is 0 Å². The predicted molar refractivity (Wildman–Crippen MR) is 190 cm³/mol. The summed E-state index contributed by atoms with van der Waals surface area (Å²) in [5.41, 5.74) is 5.97. The Bertz CT molecular complexity index is 1850. The fourth-order valence-corrected chi connectivity index (χ4v) is 6.32. The Morgan fingerprint density at radius 2 is 1.17 bits per heavy atom. The van der Waals surface area contributed by atoms with Gasteiger partial charge in [0.2, 0.25) is 0 Å². The van der Waals surface area contributed by atoms with Crippen molar-refractivity contribution in [3.8, 4) is 5.75 Å². The number of aromatic nitrogens is 1. The molecule has 0 saturated carbocycles. The molecule has 1 amide bonds. The fraction of sp³-hybridized carbons (Fsp3) is 0.171. The van der Waals surface area contributed by atoms with E-state index in [4.69, 9.17) is 9.72 Å². The molecule has 7 heteroatoms. The molecule has 5 aromatic carbocycles. The second kappa shape index (κ2) is 16.6. The molecular formula is C41H38FN3O2S. The molecule has 0 N–H and O–H groups in total. The summed E-state index contributed by atoms with van der Waals surface area (Å²) in [7, 11) is 0. The number of amides is 1. The zero-order valence-corrected chi connectivity index (χ0v) is 27.6. The summed E-state index contributed by atoms with van der Waals surface area (Å²) in [5, 5.41) is 2.72. The number of carbonyl (C=O) groups excluding carboxylic acids is 1. The first-order valence-electron chi connectivity index (χ1n) is 16.1. The van der Waals surface area contributed by atoms with Crippen molar-refractivity contribution < 1.29 is 13.9 Å². The van der Waals surface area contributed by atoms with Crippen molar-refractivity contribution in [1.29, 1.82) is 0 Å². The van der Waals surface area contributed by atoms with Crippen LogP contribution in [-0.4, -0.2) is 27.2 Å². The highest BCUT2D eigenvalue weighted by Crippen LogP contribution is 2.21. The number of benzene rings is 5. The van der Waals surface area contributed by atoms with Gasteiger partial charge in [-0.25, -0.2) is 9.37 Å². The third-order valence-electron chi connectivity index (χ3n) is 8.04. The van der Waals surface area contributed by atoms with Crippen LogP contribution in [-0.2, 0) is 39.2 Å². The summed E-state index contributed by atoms with van der Waals surface area (Å²) in [5.74, 6) is 0.475. The van der Waals surface area contributed by atoms with Gasteiger partial charge in [-0.3, -0.25) is 9.69 Å². The Morgan fingerprint density at radius 3 is 1.79 bits per heavy atom. The number of halogens is 1. The average Bonchev–Trinajstić information content (AvgIpc) is 3.60. The number of ether oxygens (including phenoxy) is 1. The maximum Gasteiger partial charge on any atom is 0.273 e. The number of rotatable bonds is 15. The Kier molecular flexibility index (Phi) is 11.4. The van der Waals surface area contributed by atoms with Crippen LogP contribution in [0, 0.1) is 5.82 Å². The zero-order chi connectivity index (χ0) is 33.0. The molecule has 0 unspecified atom stereocenters. The van der Waals surface area contributed by atoms with Gasteiger partial charge in [-0.05, 0) is 58.5 Å². The second-order valence-electron chi connectivity index (χ2n) is 11.8. The van der Waals surface area contributed by atoms with E-state index in [1.807, 2.05) is 113 Å². The third-order valence-corrected chi connectivity index (χ3v) is 8.88. The van der Waals surface area contributed by atoms with Gasteiger partial charge in [-0.2, -0.15) is 0 Å². The molecule has 0 spiro atoms. The quantitative estimate of drug-likeness (QED) is 0.111. The van der Waals surface area contributed by atoms with Gasteiger partial charge in [-0.1, -0.05) is 115 Å². The molecule has 1 heterocycles. The van der Waals surface area contributed by atoms with Crippen LogP contribution < -0.4 is 4.74 Å². The lowest BCUT2D eigenvalue weighted by Gasteiger charge is -2.23. The first-order valence-corrected chi connectivity index (χ1v) is 17.0. The lowest BCUT2D eigenvalue weighted by atomic mass is 10.1. The number of carbonyl (C=O) groups is 1. The lowest BCUT2D eigenvalue weighted by Crippen LogP contribution is -2.33. The van der Waals surface area contributed by atoms with Crippen LogP contribution in [0.15, 0.2) is 145 Å². The van der Waals surface area contributed by atoms with Crippen LogP contribution in [0.5, 0.6) is 5.75 Å². The highest BCUT2D eigenvalue weighted by molar-refractivity contribution is 7.09. The summed E-state index contributed by atoms with van der Waals surface area (Å²) in [4.78, 5) is 22.9. The van der Waals surface area contributed by atoms with Crippen LogP contribution in [0.3, 0.4) is 0 Å². The molecule has 0 fully saturated rings. The van der Waals surface area contributed by atoms with Crippen molar-refractivity contribution in [2.75, 3.05) is 6.54 Å². The topological polar surface area (TPSA) is 45.7 Å². The minimum Gasteiger partial charge on any atom is -0.489 e. The van der Waals surface area contributed by atoms with Crippen LogP contribution in [0.25, 0.3) is 0 Å². The normalized spacial score (nSPS) is 11.0. The van der Waals surface area contributed by atoms with Gasteiger partial charge in [0.1, 0.15) is 28.9 Å². The maximum absolute atomic E-state index is 13.9. The second-order valence-corrected chi connectivity index (χ2v) is 12.7. The largest absolute Gasteiger partial charge is 0.489 e. The van der Waals surface area contributed by atoms with Crippen LogP contribution in [0.4, 0.5) is 4.39 Å². The van der Waals surface area contributed by atoms with E-state index in [1.54, 1.807) is 0 Å². The van der Waals surface area contributed by atoms with Crippen molar-refractivity contribution in [2.24, 2.45) is 0 Å². The van der Waals surface area contributed by atoms with Gasteiger partial charge in [0.25, 0.3) is 5.91 Å². The summed E-state index contributed by atoms with van der Waals surface area (Å²) in [6, 6.07) is 45.1. The van der Waals surface area contributed by atoms with Crippen LogP contribution in [0.1, 0.15) is 43.3 Å². The standard InChI is InChI=1S/C41H38FN3O2S/c42-37-20-16-34(17-21-37)26-44(27-35-18-22-38(23-19-35)47-30-36-14-8-3-9-15-36)29-40-43-39(31-48-40)41(46)45(28-33-12-6-2-7-13-33)25-24-32-10-4-1-5-11-32/h1-23,31H,24-30H2. The lowest BCUT2D eigenvalue weighted by molar-refractivity contribution is 0.0739. The number of nitrogens with zero attached hydrogens (tertiary/aromatic N) is 3. The number of hydrogen-bond donors (Lipinski definition) is 0. The highest BCUT2D eigenvalue weighted by Gasteiger charge is 2.20. The van der Waals surface area contributed by atoms with Gasteiger partial charge >= 0.3 is 0 Å². The maximum atomic E-state index is 13.9. The van der Waals surface area contributed by atoms with E-state index in [9.17, 15) is 9.18 Å². The smallest absolute Gasteiger partial charge is 0.273 e. The van der Waals surface area contributed by atoms with Crippen molar-refractivity contribution >= 4 is 17.2 Å². The number of hydrogen-bond acceptors (Lipinski definition) is 5. The molecule has 0 aliphatic carbocycles. The zero-order valence-electron chi connectivity index (χ0n) is 26.8. The van der Waals surface area contributed by atoms with Gasteiger partial charge in [0, 0.05) is 31.6 Å². The molecule has 6 rings (SSSR count). The fourth-order valence-electron chi connectivity index (χ4n) is 5.51. The van der Waals surface area contributed by atoms with Crippen molar-refractivity contribution in [3.05, 3.63) is 189 Å². The number of thiazole rings is 1. The summed E-state index contributed by atoms with van der Waals surface area (Å²) < 4.78 is 19.7. The molecule has 0 saturated heterocycles. The molecule has 242 valence electrons. The molecule has 48 heavy (non-hydrogen) atoms. The Hall–Kier alpha value is -5.11. The van der Waals surface area contributed by atoms with Crippen molar-refractivity contribution in [2.45, 2.75) is 39.2 Å². The third kappa shape index (κ3) is 9.70. The molecule has 0 aliphatic heterocycles. The minimum atomic E-state index is -0.258. The van der Waals surface area contributed by atoms with E-state index >= 15 is 0 Å². The molecule has 0 radical (unpaired) electrons. The van der Waals surface area contributed by atoms with E-state index in [0.717, 1.165) is 39.4 Å². The molecular weight excluding hydrogens is 618 g/mol. The van der Waals surface area contributed by atoms with E-state index in [-0.39, 0.29) is 11.7 Å².